The lowest BCUT2D eigenvalue weighted by Crippen LogP contribution is -2.30. The molecule has 0 radical (unpaired) electrons. The number of nitrogens with zero attached hydrogens (tertiary/aromatic N) is 3. The van der Waals surface area contributed by atoms with E-state index in [0.29, 0.717) is 13.1 Å². The van der Waals surface area contributed by atoms with Crippen molar-refractivity contribution in [2.75, 3.05) is 18.4 Å². The van der Waals surface area contributed by atoms with Crippen molar-refractivity contribution in [3.05, 3.63) is 29.8 Å². The number of nitrogens with one attached hydrogen (secondary N) is 1. The van der Waals surface area contributed by atoms with E-state index in [1.165, 1.54) is 4.31 Å². The van der Waals surface area contributed by atoms with Gasteiger partial charge in [0, 0.05) is 18.8 Å². The summed E-state index contributed by atoms with van der Waals surface area (Å²) in [5.41, 5.74) is 13.1. The second-order valence-corrected chi connectivity index (χ2v) is 6.62. The van der Waals surface area contributed by atoms with Gasteiger partial charge in [-0.25, -0.2) is 0 Å². The van der Waals surface area contributed by atoms with Gasteiger partial charge in [-0.3, -0.25) is 0 Å². The third-order valence-electron chi connectivity index (χ3n) is 3.16. The molecule has 1 heterocycles. The van der Waals surface area contributed by atoms with Crippen LogP contribution in [-0.4, -0.2) is 37.7 Å². The molecule has 0 unspecified atom stereocenters. The molecule has 1 aliphatic rings. The van der Waals surface area contributed by atoms with Crippen molar-refractivity contribution in [1.29, 1.82) is 0 Å². The fraction of sp³-hybridized carbons (Fsp3) is 0.385. The smallest absolute Gasteiger partial charge is 0.325 e. The largest absolute Gasteiger partial charge is 0.369 e. The number of hydrogen-bond acceptors (Lipinski definition) is 2. The van der Waals surface area contributed by atoms with Crippen molar-refractivity contribution in [2.24, 2.45) is 20.9 Å². The fourth-order valence-corrected chi connectivity index (χ4v) is 3.16. The highest BCUT2D eigenvalue weighted by Crippen LogP contribution is 2.13. The van der Waals surface area contributed by atoms with Crippen LogP contribution in [0.5, 0.6) is 0 Å². The van der Waals surface area contributed by atoms with Crippen LogP contribution in [0, 0.1) is 6.92 Å². The van der Waals surface area contributed by atoms with Crippen LogP contribution in [-0.2, 0) is 10.2 Å². The maximum atomic E-state index is 11.9. The molecular formula is C13H20N6O2S. The number of aliphatic imine (C=N–C) groups is 1. The molecule has 0 amide bonds. The van der Waals surface area contributed by atoms with Crippen molar-refractivity contribution in [3.63, 3.8) is 0 Å². The first-order valence-corrected chi connectivity index (χ1v) is 8.30. The summed E-state index contributed by atoms with van der Waals surface area (Å²) in [4.78, 5) is 3.76. The zero-order valence-electron chi connectivity index (χ0n) is 12.4. The molecule has 120 valence electrons. The van der Waals surface area contributed by atoms with Gasteiger partial charge in [-0.2, -0.15) is 17.7 Å². The molecule has 1 aliphatic heterocycles. The van der Waals surface area contributed by atoms with Crippen LogP contribution < -0.4 is 16.8 Å². The number of rotatable bonds is 3. The highest BCUT2D eigenvalue weighted by Gasteiger charge is 2.24. The summed E-state index contributed by atoms with van der Waals surface area (Å²) in [6.07, 6.45) is 1.66. The number of nitrogens with two attached hydrogens (primary N) is 2. The molecule has 1 aromatic carbocycles. The van der Waals surface area contributed by atoms with E-state index in [-0.39, 0.29) is 5.96 Å². The van der Waals surface area contributed by atoms with E-state index in [0.717, 1.165) is 24.1 Å². The lowest BCUT2D eigenvalue weighted by molar-refractivity contribution is 0.479. The third kappa shape index (κ3) is 4.43. The molecule has 0 spiro atoms. The molecule has 2 rings (SSSR count). The summed E-state index contributed by atoms with van der Waals surface area (Å²) in [6, 6.07) is 7.47. The zero-order chi connectivity index (χ0) is 16.2. The van der Waals surface area contributed by atoms with Crippen molar-refractivity contribution in [2.45, 2.75) is 19.8 Å². The van der Waals surface area contributed by atoms with Gasteiger partial charge in [0.05, 0.1) is 0 Å². The fourth-order valence-electron chi connectivity index (χ4n) is 2.05. The highest BCUT2D eigenvalue weighted by molar-refractivity contribution is 7.87. The Bertz CT molecular complexity index is 675. The van der Waals surface area contributed by atoms with Crippen molar-refractivity contribution in [3.8, 4) is 0 Å². The van der Waals surface area contributed by atoms with Gasteiger partial charge in [0.15, 0.2) is 0 Å². The van der Waals surface area contributed by atoms with Gasteiger partial charge in [-0.05, 0) is 31.9 Å². The van der Waals surface area contributed by atoms with Crippen LogP contribution in [0.4, 0.5) is 5.69 Å². The number of anilines is 1. The molecule has 0 aromatic heterocycles. The van der Waals surface area contributed by atoms with Crippen molar-refractivity contribution in [1.82, 2.24) is 4.31 Å². The lowest BCUT2D eigenvalue weighted by atomic mass is 10.2. The van der Waals surface area contributed by atoms with E-state index >= 15 is 0 Å². The predicted molar refractivity (Wildman–Crippen MR) is 87.8 cm³/mol. The summed E-state index contributed by atoms with van der Waals surface area (Å²) >= 11 is 0. The van der Waals surface area contributed by atoms with Crippen LogP contribution >= 0.6 is 0 Å². The van der Waals surface area contributed by atoms with E-state index in [1.54, 1.807) is 0 Å². The SMILES string of the molecule is Cc1ccc(N/C(N)=N/C(N)=N/S(=O)(=O)N2CCCC2)cc1. The van der Waals surface area contributed by atoms with E-state index in [2.05, 4.69) is 14.7 Å². The predicted octanol–water partition coefficient (Wildman–Crippen LogP) is 0.377. The standard InChI is InChI=1S/C13H20N6O2S/c1-10-4-6-11(7-5-10)16-12(14)17-13(15)18-22(20,21)19-8-2-3-9-19/h4-7H,2-3,8-9H2,1H3,(H5,14,15,16,17,18). The van der Waals surface area contributed by atoms with Gasteiger partial charge in [-0.1, -0.05) is 17.7 Å². The van der Waals surface area contributed by atoms with Crippen molar-refractivity contribution < 1.29 is 8.42 Å². The zero-order valence-corrected chi connectivity index (χ0v) is 13.2. The average molecular weight is 324 g/mol. The van der Waals surface area contributed by atoms with Gasteiger partial charge in [-0.15, -0.1) is 4.40 Å². The minimum Gasteiger partial charge on any atom is -0.369 e. The van der Waals surface area contributed by atoms with Gasteiger partial charge in [0.25, 0.3) is 0 Å². The molecule has 1 aromatic rings. The second kappa shape index (κ2) is 6.75. The van der Waals surface area contributed by atoms with Crippen LogP contribution in [0.3, 0.4) is 0 Å². The van der Waals surface area contributed by atoms with Crippen LogP contribution in [0.15, 0.2) is 33.7 Å². The van der Waals surface area contributed by atoms with Gasteiger partial charge < -0.3 is 16.8 Å². The molecular weight excluding hydrogens is 304 g/mol. The van der Waals surface area contributed by atoms with Crippen LogP contribution in [0.2, 0.25) is 0 Å². The summed E-state index contributed by atoms with van der Waals surface area (Å²) < 4.78 is 28.6. The normalized spacial score (nSPS) is 17.7. The first-order valence-electron chi connectivity index (χ1n) is 6.90. The van der Waals surface area contributed by atoms with E-state index < -0.39 is 16.2 Å². The molecule has 0 saturated carbocycles. The number of benzene rings is 1. The maximum Gasteiger partial charge on any atom is 0.325 e. The van der Waals surface area contributed by atoms with E-state index in [9.17, 15) is 8.42 Å². The second-order valence-electron chi connectivity index (χ2n) is 5.02. The van der Waals surface area contributed by atoms with Gasteiger partial charge >= 0.3 is 10.2 Å². The number of hydrogen-bond donors (Lipinski definition) is 3. The molecule has 0 atom stereocenters. The molecule has 1 fully saturated rings. The quantitative estimate of drug-likeness (QED) is 0.547. The molecule has 9 heteroatoms. The Kier molecular flexibility index (Phi) is 4.99. The Balaban J connectivity index is 2.06. The van der Waals surface area contributed by atoms with Crippen LogP contribution in [0.25, 0.3) is 0 Å². The number of guanidine groups is 2. The minimum absolute atomic E-state index is 0.0262. The highest BCUT2D eigenvalue weighted by atomic mass is 32.2. The van der Waals surface area contributed by atoms with Gasteiger partial charge in [0.2, 0.25) is 11.9 Å². The summed E-state index contributed by atoms with van der Waals surface area (Å²) in [5.74, 6) is -0.425. The Hall–Kier alpha value is -2.13. The maximum absolute atomic E-state index is 11.9. The summed E-state index contributed by atoms with van der Waals surface area (Å²) in [6.45, 7) is 2.88. The van der Waals surface area contributed by atoms with E-state index in [1.807, 2.05) is 31.2 Å². The molecule has 0 bridgehead atoms. The summed E-state index contributed by atoms with van der Waals surface area (Å²) in [5, 5.41) is 2.81. The molecule has 8 nitrogen and oxygen atoms in total. The Morgan fingerprint density at radius 1 is 1.18 bits per heavy atom. The Labute approximate surface area is 130 Å². The monoisotopic (exact) mass is 324 g/mol. The van der Waals surface area contributed by atoms with E-state index in [4.69, 9.17) is 11.5 Å². The topological polar surface area (TPSA) is 126 Å². The average Bonchev–Trinajstić information content (AvgIpc) is 2.95. The first-order chi connectivity index (χ1) is 10.4. The Morgan fingerprint density at radius 2 is 1.77 bits per heavy atom. The van der Waals surface area contributed by atoms with Gasteiger partial charge in [0.1, 0.15) is 0 Å². The van der Waals surface area contributed by atoms with Crippen LogP contribution in [0.1, 0.15) is 18.4 Å². The summed E-state index contributed by atoms with van der Waals surface area (Å²) in [7, 11) is -3.78. The molecule has 5 N–H and O–H groups in total. The first kappa shape index (κ1) is 16.2. The molecule has 1 saturated heterocycles. The lowest BCUT2D eigenvalue weighted by Gasteiger charge is -2.11. The van der Waals surface area contributed by atoms with Crippen molar-refractivity contribution >= 4 is 27.8 Å². The number of aryl methyl sites for hydroxylation is 1. The molecule has 22 heavy (non-hydrogen) atoms. The minimum atomic E-state index is -3.78. The third-order valence-corrected chi connectivity index (χ3v) is 4.59. The Morgan fingerprint density at radius 3 is 2.36 bits per heavy atom. The molecule has 0 aliphatic carbocycles.